The van der Waals surface area contributed by atoms with Gasteiger partial charge in [-0.3, -0.25) is 0 Å². The van der Waals surface area contributed by atoms with Gasteiger partial charge in [0.05, 0.1) is 13.7 Å². The maximum atomic E-state index is 11.4. The molecule has 1 N–H and O–H groups in total. The first-order valence-electron chi connectivity index (χ1n) is 9.14. The molecule has 28 heavy (non-hydrogen) atoms. The summed E-state index contributed by atoms with van der Waals surface area (Å²) in [6.45, 7) is 5.53. The Hall–Kier alpha value is -3.05. The molecule has 5 heteroatoms. The highest BCUT2D eigenvalue weighted by Gasteiger charge is 2.22. The zero-order valence-electron chi connectivity index (χ0n) is 16.1. The fourth-order valence-corrected chi connectivity index (χ4v) is 2.95. The molecule has 0 fully saturated rings. The van der Waals surface area contributed by atoms with Crippen LogP contribution < -0.4 is 9.47 Å². The molecule has 1 heterocycles. The summed E-state index contributed by atoms with van der Waals surface area (Å²) in [6, 6.07) is 13.4. The Kier molecular flexibility index (Phi) is 6.16. The molecule has 0 radical (unpaired) electrons. The molecule has 2 aromatic rings. The third-order valence-electron chi connectivity index (χ3n) is 4.51. The van der Waals surface area contributed by atoms with Gasteiger partial charge in [-0.05, 0) is 55.2 Å². The van der Waals surface area contributed by atoms with Crippen molar-refractivity contribution in [2.24, 2.45) is 0 Å². The molecule has 146 valence electrons. The molecule has 0 amide bonds. The summed E-state index contributed by atoms with van der Waals surface area (Å²) in [6.07, 6.45) is 2.34. The number of carbonyl (C=O) groups is 1. The lowest BCUT2D eigenvalue weighted by Crippen LogP contribution is -2.21. The van der Waals surface area contributed by atoms with Gasteiger partial charge in [0, 0.05) is 16.7 Å². The van der Waals surface area contributed by atoms with Gasteiger partial charge in [-0.15, -0.1) is 0 Å². The quantitative estimate of drug-likeness (QED) is 0.447. The van der Waals surface area contributed by atoms with Gasteiger partial charge in [-0.1, -0.05) is 30.8 Å². The van der Waals surface area contributed by atoms with Crippen LogP contribution in [0.3, 0.4) is 0 Å². The van der Waals surface area contributed by atoms with Crippen LogP contribution in [0, 0.1) is 0 Å². The van der Waals surface area contributed by atoms with Crippen LogP contribution in [0.4, 0.5) is 0 Å². The summed E-state index contributed by atoms with van der Waals surface area (Å²) in [5.74, 6) is 1.03. The molecule has 5 nitrogen and oxygen atoms in total. The lowest BCUT2D eigenvalue weighted by Gasteiger charge is -2.24. The highest BCUT2D eigenvalue weighted by molar-refractivity contribution is 5.87. The number of aliphatic hydroxyl groups excluding tert-OH is 1. The highest BCUT2D eigenvalue weighted by Crippen LogP contribution is 2.34. The number of hydrogen-bond acceptors (Lipinski definition) is 5. The van der Waals surface area contributed by atoms with Gasteiger partial charge in [-0.25, -0.2) is 4.79 Å². The monoisotopic (exact) mass is 380 g/mol. The number of hydrogen-bond donors (Lipinski definition) is 1. The van der Waals surface area contributed by atoms with E-state index in [2.05, 4.69) is 6.58 Å². The number of ether oxygens (including phenoxy) is 3. The lowest BCUT2D eigenvalue weighted by molar-refractivity contribution is -0.139. The summed E-state index contributed by atoms with van der Waals surface area (Å²) in [5, 5.41) is 10.4. The van der Waals surface area contributed by atoms with Gasteiger partial charge in [0.1, 0.15) is 11.5 Å². The van der Waals surface area contributed by atoms with E-state index in [1.165, 1.54) is 0 Å². The minimum atomic E-state index is -1.03. The molecule has 0 bridgehead atoms. The van der Waals surface area contributed by atoms with Crippen LogP contribution in [-0.4, -0.2) is 31.1 Å². The third-order valence-corrected chi connectivity index (χ3v) is 4.51. The van der Waals surface area contributed by atoms with Crippen LogP contribution in [0.1, 0.15) is 30.0 Å². The van der Waals surface area contributed by atoms with Crippen LogP contribution >= 0.6 is 0 Å². The van der Waals surface area contributed by atoms with Gasteiger partial charge >= 0.3 is 5.97 Å². The van der Waals surface area contributed by atoms with E-state index in [4.69, 9.17) is 14.2 Å². The number of fused-ring (bicyclic) bond motifs is 1. The number of aliphatic hydroxyl groups is 1. The third kappa shape index (κ3) is 4.61. The Morgan fingerprint density at radius 2 is 1.96 bits per heavy atom. The molecule has 3 rings (SSSR count). The topological polar surface area (TPSA) is 65.0 Å². The average molecular weight is 380 g/mol. The van der Waals surface area contributed by atoms with E-state index in [9.17, 15) is 9.90 Å². The predicted molar refractivity (Wildman–Crippen MR) is 108 cm³/mol. The Bertz CT molecular complexity index is 896. The molecule has 1 aliphatic rings. The Morgan fingerprint density at radius 1 is 1.21 bits per heavy atom. The maximum absolute atomic E-state index is 11.4. The van der Waals surface area contributed by atoms with E-state index < -0.39 is 6.29 Å². The molecule has 1 unspecified atom stereocenters. The fourth-order valence-electron chi connectivity index (χ4n) is 2.95. The van der Waals surface area contributed by atoms with E-state index in [-0.39, 0.29) is 5.97 Å². The molecule has 0 aliphatic carbocycles. The number of rotatable bonds is 7. The van der Waals surface area contributed by atoms with Crippen molar-refractivity contribution < 1.29 is 24.1 Å². The van der Waals surface area contributed by atoms with E-state index in [0.717, 1.165) is 28.9 Å². The predicted octanol–water partition coefficient (Wildman–Crippen LogP) is 4.00. The van der Waals surface area contributed by atoms with Gasteiger partial charge in [0.15, 0.2) is 0 Å². The first-order valence-corrected chi connectivity index (χ1v) is 9.14. The Morgan fingerprint density at radius 3 is 2.64 bits per heavy atom. The minimum Gasteiger partial charge on any atom is -0.497 e. The molecule has 0 saturated heterocycles. The maximum Gasteiger partial charge on any atom is 0.333 e. The van der Waals surface area contributed by atoms with Crippen LogP contribution in [0.15, 0.2) is 54.6 Å². The largest absolute Gasteiger partial charge is 0.497 e. The summed E-state index contributed by atoms with van der Waals surface area (Å²) >= 11 is 0. The summed E-state index contributed by atoms with van der Waals surface area (Å²) < 4.78 is 16.0. The molecule has 0 saturated carbocycles. The van der Waals surface area contributed by atoms with E-state index >= 15 is 0 Å². The van der Waals surface area contributed by atoms with Gasteiger partial charge in [0.25, 0.3) is 0 Å². The fraction of sp³-hybridized carbons (Fsp3) is 0.261. The van der Waals surface area contributed by atoms with Gasteiger partial charge in [-0.2, -0.15) is 0 Å². The molecular formula is C23H24O5. The van der Waals surface area contributed by atoms with Crippen molar-refractivity contribution in [3.8, 4) is 11.5 Å². The second kappa shape index (κ2) is 8.76. The highest BCUT2D eigenvalue weighted by atomic mass is 16.6. The number of esters is 1. The molecule has 1 atom stereocenters. The number of benzene rings is 2. The summed E-state index contributed by atoms with van der Waals surface area (Å²) in [7, 11) is 1.62. The second-order valence-electron chi connectivity index (χ2n) is 6.69. The van der Waals surface area contributed by atoms with E-state index in [1.807, 2.05) is 48.5 Å². The first-order chi connectivity index (χ1) is 13.5. The Labute approximate surface area is 164 Å². The lowest BCUT2D eigenvalue weighted by atomic mass is 9.98. The molecule has 0 aromatic heterocycles. The zero-order chi connectivity index (χ0) is 20.1. The van der Waals surface area contributed by atoms with Crippen molar-refractivity contribution >= 4 is 17.6 Å². The number of methoxy groups -OCH3 is 1. The second-order valence-corrected chi connectivity index (χ2v) is 6.69. The summed E-state index contributed by atoms with van der Waals surface area (Å²) in [5.41, 5.74) is 3.94. The molecule has 1 aliphatic heterocycles. The van der Waals surface area contributed by atoms with Gasteiger partial charge in [0.2, 0.25) is 6.29 Å². The van der Waals surface area contributed by atoms with Crippen molar-refractivity contribution in [3.05, 3.63) is 71.3 Å². The first kappa shape index (κ1) is 19.7. The van der Waals surface area contributed by atoms with Crippen LogP contribution in [0.5, 0.6) is 11.5 Å². The van der Waals surface area contributed by atoms with Crippen LogP contribution in [-0.2, 0) is 16.0 Å². The van der Waals surface area contributed by atoms with Crippen molar-refractivity contribution in [3.63, 3.8) is 0 Å². The van der Waals surface area contributed by atoms with Crippen molar-refractivity contribution in [2.45, 2.75) is 26.1 Å². The van der Waals surface area contributed by atoms with Gasteiger partial charge < -0.3 is 19.3 Å². The van der Waals surface area contributed by atoms with E-state index in [0.29, 0.717) is 29.9 Å². The standard InChI is InChI=1S/C23H24O5/c1-15(2)22(24)27-12-4-5-16-6-7-18-14-20(23(25)28-21(18)13-16)17-8-10-19(26-3)11-9-17/h6-11,13-14,23,25H,1,4-5,12H2,2-3H3. The zero-order valence-corrected chi connectivity index (χ0v) is 16.1. The molecular weight excluding hydrogens is 356 g/mol. The number of aryl methyl sites for hydroxylation is 1. The average Bonchev–Trinajstić information content (AvgIpc) is 2.70. The van der Waals surface area contributed by atoms with E-state index in [1.54, 1.807) is 14.0 Å². The smallest absolute Gasteiger partial charge is 0.333 e. The number of carbonyl (C=O) groups excluding carboxylic acids is 1. The van der Waals surface area contributed by atoms with Crippen molar-refractivity contribution in [2.75, 3.05) is 13.7 Å². The van der Waals surface area contributed by atoms with Crippen molar-refractivity contribution in [1.82, 2.24) is 0 Å². The van der Waals surface area contributed by atoms with Crippen LogP contribution in [0.2, 0.25) is 0 Å². The minimum absolute atomic E-state index is 0.341. The molecule has 2 aromatic carbocycles. The Balaban J connectivity index is 1.68. The van der Waals surface area contributed by atoms with Crippen LogP contribution in [0.25, 0.3) is 11.6 Å². The molecule has 0 spiro atoms. The van der Waals surface area contributed by atoms with Crippen molar-refractivity contribution in [1.29, 1.82) is 0 Å². The SMILES string of the molecule is C=C(C)C(=O)OCCCc1ccc2c(c1)OC(O)C(c1ccc(OC)cc1)=C2. The summed E-state index contributed by atoms with van der Waals surface area (Å²) in [4.78, 5) is 11.4. The normalized spacial score (nSPS) is 15.1.